The summed E-state index contributed by atoms with van der Waals surface area (Å²) in [6, 6.07) is 14.6. The van der Waals surface area contributed by atoms with Crippen molar-refractivity contribution in [1.82, 2.24) is 9.38 Å². The van der Waals surface area contributed by atoms with Crippen molar-refractivity contribution in [3.8, 4) is 0 Å². The van der Waals surface area contributed by atoms with Gasteiger partial charge in [-0.2, -0.15) is 0 Å². The number of aromatic nitrogens is 2. The van der Waals surface area contributed by atoms with Crippen molar-refractivity contribution in [2.45, 2.75) is 13.0 Å². The number of benzene rings is 1. The lowest BCUT2D eigenvalue weighted by Gasteiger charge is -2.17. The van der Waals surface area contributed by atoms with Crippen molar-refractivity contribution >= 4 is 27.4 Å². The van der Waals surface area contributed by atoms with Crippen LogP contribution in [0.15, 0.2) is 59.3 Å². The van der Waals surface area contributed by atoms with Crippen LogP contribution >= 0.6 is 15.9 Å². The molecule has 0 aliphatic rings. The van der Waals surface area contributed by atoms with Gasteiger partial charge in [0.2, 0.25) is 0 Å². The minimum Gasteiger partial charge on any atom is -0.365 e. The molecule has 3 rings (SSSR count). The van der Waals surface area contributed by atoms with Crippen molar-refractivity contribution < 1.29 is 0 Å². The number of nitrogens with zero attached hydrogens (tertiary/aromatic N) is 2. The average molecular weight is 316 g/mol. The molecule has 0 aliphatic carbocycles. The Morgan fingerprint density at radius 1 is 1.21 bits per heavy atom. The third-order valence-corrected chi connectivity index (χ3v) is 3.63. The van der Waals surface area contributed by atoms with Crippen LogP contribution < -0.4 is 5.32 Å². The Kier molecular flexibility index (Phi) is 3.25. The summed E-state index contributed by atoms with van der Waals surface area (Å²) in [5.74, 6) is 1.04. The number of imidazole rings is 1. The van der Waals surface area contributed by atoms with Gasteiger partial charge in [-0.3, -0.25) is 4.40 Å². The molecule has 2 heterocycles. The summed E-state index contributed by atoms with van der Waals surface area (Å²) in [4.78, 5) is 4.29. The van der Waals surface area contributed by atoms with Crippen molar-refractivity contribution in [2.75, 3.05) is 5.32 Å². The first-order chi connectivity index (χ1) is 9.24. The molecule has 96 valence electrons. The van der Waals surface area contributed by atoms with Gasteiger partial charge in [-0.15, -0.1) is 0 Å². The molecule has 3 nitrogen and oxygen atoms in total. The lowest BCUT2D eigenvalue weighted by Crippen LogP contribution is -2.09. The number of pyridine rings is 1. The number of fused-ring (bicyclic) bond motifs is 1. The van der Waals surface area contributed by atoms with E-state index in [2.05, 4.69) is 61.8 Å². The largest absolute Gasteiger partial charge is 0.365 e. The van der Waals surface area contributed by atoms with E-state index in [1.807, 2.05) is 30.6 Å². The van der Waals surface area contributed by atoms with E-state index < -0.39 is 0 Å². The molecule has 3 aromatic rings. The zero-order valence-electron chi connectivity index (χ0n) is 10.5. The molecular weight excluding hydrogens is 302 g/mol. The van der Waals surface area contributed by atoms with Gasteiger partial charge in [-0.25, -0.2) is 4.98 Å². The minimum absolute atomic E-state index is 0.227. The summed E-state index contributed by atoms with van der Waals surface area (Å²) in [5.41, 5.74) is 2.19. The van der Waals surface area contributed by atoms with Gasteiger partial charge in [0.1, 0.15) is 11.5 Å². The summed E-state index contributed by atoms with van der Waals surface area (Å²) >= 11 is 3.51. The highest BCUT2D eigenvalue weighted by atomic mass is 79.9. The Morgan fingerprint density at radius 3 is 2.89 bits per heavy atom. The Labute approximate surface area is 120 Å². The summed E-state index contributed by atoms with van der Waals surface area (Å²) in [6.07, 6.45) is 3.77. The number of hydrogen-bond donors (Lipinski definition) is 1. The third kappa shape index (κ3) is 2.49. The van der Waals surface area contributed by atoms with Crippen LogP contribution in [0.5, 0.6) is 0 Å². The van der Waals surface area contributed by atoms with Gasteiger partial charge < -0.3 is 5.32 Å². The first-order valence-corrected chi connectivity index (χ1v) is 6.97. The molecule has 0 spiro atoms. The zero-order chi connectivity index (χ0) is 13.2. The van der Waals surface area contributed by atoms with Gasteiger partial charge in [0.15, 0.2) is 0 Å². The highest BCUT2D eigenvalue weighted by Gasteiger charge is 2.07. The zero-order valence-corrected chi connectivity index (χ0v) is 12.1. The standard InChI is InChI=1S/C15H14BrN3/c1-11(12-4-2-5-13(16)10-12)18-15-7-3-6-14-17-8-9-19(14)15/h2-11,18H,1H3. The lowest BCUT2D eigenvalue weighted by molar-refractivity contribution is 0.867. The van der Waals surface area contributed by atoms with Gasteiger partial charge in [-0.05, 0) is 36.8 Å². The van der Waals surface area contributed by atoms with Crippen molar-refractivity contribution in [2.24, 2.45) is 0 Å². The molecule has 0 fully saturated rings. The van der Waals surface area contributed by atoms with Crippen LogP contribution in [0.2, 0.25) is 0 Å². The van der Waals surface area contributed by atoms with Crippen molar-refractivity contribution in [3.05, 3.63) is 64.9 Å². The number of nitrogens with one attached hydrogen (secondary N) is 1. The third-order valence-electron chi connectivity index (χ3n) is 3.14. The Morgan fingerprint density at radius 2 is 2.05 bits per heavy atom. The van der Waals surface area contributed by atoms with E-state index in [0.717, 1.165) is 15.9 Å². The monoisotopic (exact) mass is 315 g/mol. The Hall–Kier alpha value is -1.81. The molecule has 0 bridgehead atoms. The number of halogens is 1. The highest BCUT2D eigenvalue weighted by molar-refractivity contribution is 9.10. The molecule has 19 heavy (non-hydrogen) atoms. The van der Waals surface area contributed by atoms with Gasteiger partial charge in [0.05, 0.1) is 0 Å². The molecule has 4 heteroatoms. The second kappa shape index (κ2) is 5.05. The van der Waals surface area contributed by atoms with Crippen LogP contribution in [0.3, 0.4) is 0 Å². The number of rotatable bonds is 3. The van der Waals surface area contributed by atoms with Crippen LogP contribution in [0.1, 0.15) is 18.5 Å². The van der Waals surface area contributed by atoms with Gasteiger partial charge in [0, 0.05) is 22.9 Å². The van der Waals surface area contributed by atoms with Crippen LogP contribution in [0, 0.1) is 0 Å². The molecule has 1 N–H and O–H groups in total. The minimum atomic E-state index is 0.227. The first-order valence-electron chi connectivity index (χ1n) is 6.18. The molecule has 1 aromatic carbocycles. The first kappa shape index (κ1) is 12.2. The fourth-order valence-corrected chi connectivity index (χ4v) is 2.56. The highest BCUT2D eigenvalue weighted by Crippen LogP contribution is 2.22. The summed E-state index contributed by atoms with van der Waals surface area (Å²) in [5, 5.41) is 3.52. The van der Waals surface area contributed by atoms with Crippen LogP contribution in [0.4, 0.5) is 5.82 Å². The van der Waals surface area contributed by atoms with Crippen molar-refractivity contribution in [3.63, 3.8) is 0 Å². The number of anilines is 1. The Balaban J connectivity index is 1.90. The molecule has 0 aliphatic heterocycles. The fraction of sp³-hybridized carbons (Fsp3) is 0.133. The molecule has 0 amide bonds. The lowest BCUT2D eigenvalue weighted by atomic mass is 10.1. The normalized spacial score (nSPS) is 12.5. The average Bonchev–Trinajstić information content (AvgIpc) is 2.88. The molecule has 0 saturated heterocycles. The second-order valence-corrected chi connectivity index (χ2v) is 5.40. The van der Waals surface area contributed by atoms with Crippen LogP contribution in [-0.4, -0.2) is 9.38 Å². The maximum atomic E-state index is 4.29. The molecule has 2 aromatic heterocycles. The molecule has 1 atom stereocenters. The molecule has 1 unspecified atom stereocenters. The fourth-order valence-electron chi connectivity index (χ4n) is 2.15. The van der Waals surface area contributed by atoms with Crippen molar-refractivity contribution in [1.29, 1.82) is 0 Å². The van der Waals surface area contributed by atoms with E-state index in [9.17, 15) is 0 Å². The predicted molar refractivity (Wildman–Crippen MR) is 81.4 cm³/mol. The van der Waals surface area contributed by atoms with Gasteiger partial charge >= 0.3 is 0 Å². The summed E-state index contributed by atoms with van der Waals surface area (Å²) in [6.45, 7) is 2.15. The van der Waals surface area contributed by atoms with E-state index in [0.29, 0.717) is 0 Å². The summed E-state index contributed by atoms with van der Waals surface area (Å²) in [7, 11) is 0. The topological polar surface area (TPSA) is 29.3 Å². The van der Waals surface area contributed by atoms with E-state index in [1.165, 1.54) is 5.56 Å². The van der Waals surface area contributed by atoms with Gasteiger partial charge in [0.25, 0.3) is 0 Å². The molecular formula is C15H14BrN3. The molecule has 0 radical (unpaired) electrons. The van der Waals surface area contributed by atoms with Crippen LogP contribution in [0.25, 0.3) is 5.65 Å². The van der Waals surface area contributed by atoms with E-state index in [4.69, 9.17) is 0 Å². The van der Waals surface area contributed by atoms with E-state index in [-0.39, 0.29) is 6.04 Å². The van der Waals surface area contributed by atoms with E-state index >= 15 is 0 Å². The SMILES string of the molecule is CC(Nc1cccc2nccn12)c1cccc(Br)c1. The van der Waals surface area contributed by atoms with Crippen LogP contribution in [-0.2, 0) is 0 Å². The van der Waals surface area contributed by atoms with E-state index in [1.54, 1.807) is 0 Å². The number of hydrogen-bond acceptors (Lipinski definition) is 2. The van der Waals surface area contributed by atoms with Gasteiger partial charge in [-0.1, -0.05) is 34.1 Å². The Bertz CT molecular complexity index is 705. The quantitative estimate of drug-likeness (QED) is 0.782. The maximum absolute atomic E-state index is 4.29. The molecule has 0 saturated carbocycles. The smallest absolute Gasteiger partial charge is 0.138 e. The predicted octanol–water partition coefficient (Wildman–Crippen LogP) is 4.27. The summed E-state index contributed by atoms with van der Waals surface area (Å²) < 4.78 is 3.15. The maximum Gasteiger partial charge on any atom is 0.138 e. The second-order valence-electron chi connectivity index (χ2n) is 4.49.